The minimum absolute atomic E-state index is 0.151. The van der Waals surface area contributed by atoms with E-state index in [9.17, 15) is 27.9 Å². The number of aromatic nitrogens is 2. The lowest BCUT2D eigenvalue weighted by atomic mass is 9.96. The van der Waals surface area contributed by atoms with E-state index in [4.69, 9.17) is 0 Å². The van der Waals surface area contributed by atoms with E-state index in [1.807, 2.05) is 0 Å². The van der Waals surface area contributed by atoms with Gasteiger partial charge in [0.1, 0.15) is 12.1 Å². The maximum Gasteiger partial charge on any atom is 0.435 e. The summed E-state index contributed by atoms with van der Waals surface area (Å²) in [4.78, 5) is 23.0. The van der Waals surface area contributed by atoms with Gasteiger partial charge in [0.15, 0.2) is 5.69 Å². The summed E-state index contributed by atoms with van der Waals surface area (Å²) in [6.07, 6.45) is -2.16. The van der Waals surface area contributed by atoms with E-state index in [0.717, 1.165) is 16.9 Å². The van der Waals surface area contributed by atoms with Gasteiger partial charge in [0.25, 0.3) is 0 Å². The van der Waals surface area contributed by atoms with E-state index in [2.05, 4.69) is 10.4 Å². The average Bonchev–Trinajstić information content (AvgIpc) is 3.09. The molecule has 1 fully saturated rings. The molecule has 1 aliphatic carbocycles. The van der Waals surface area contributed by atoms with Crippen LogP contribution in [0.1, 0.15) is 25.5 Å². The Balaban J connectivity index is 2.01. The number of aliphatic carboxylic acids is 1. The second-order valence-electron chi connectivity index (χ2n) is 5.23. The minimum atomic E-state index is -4.58. The van der Waals surface area contributed by atoms with Crippen molar-refractivity contribution in [1.82, 2.24) is 15.1 Å². The number of amides is 1. The molecule has 0 radical (unpaired) electrons. The van der Waals surface area contributed by atoms with Gasteiger partial charge in [-0.2, -0.15) is 18.3 Å². The molecule has 0 saturated heterocycles. The van der Waals surface area contributed by atoms with Gasteiger partial charge in [-0.1, -0.05) is 0 Å². The van der Waals surface area contributed by atoms with Crippen molar-refractivity contribution in [3.8, 4) is 0 Å². The van der Waals surface area contributed by atoms with Crippen molar-refractivity contribution in [3.05, 3.63) is 18.0 Å². The molecule has 0 bridgehead atoms. The molecule has 1 aromatic rings. The van der Waals surface area contributed by atoms with Crippen molar-refractivity contribution >= 4 is 11.9 Å². The summed E-state index contributed by atoms with van der Waals surface area (Å²) in [7, 11) is 0. The van der Waals surface area contributed by atoms with E-state index in [1.54, 1.807) is 0 Å². The number of carbonyl (C=O) groups excluding carboxylic acids is 1. The maximum absolute atomic E-state index is 12.4. The van der Waals surface area contributed by atoms with Gasteiger partial charge in [0.05, 0.1) is 0 Å². The maximum atomic E-state index is 12.4. The van der Waals surface area contributed by atoms with E-state index in [1.165, 1.54) is 6.92 Å². The highest BCUT2D eigenvalue weighted by molar-refractivity contribution is 5.87. The van der Waals surface area contributed by atoms with Crippen LogP contribution >= 0.6 is 0 Å². The molecule has 116 valence electrons. The van der Waals surface area contributed by atoms with Crippen LogP contribution < -0.4 is 5.32 Å². The molecule has 0 aromatic carbocycles. The number of carboxylic acid groups (broad SMARTS) is 1. The lowest BCUT2D eigenvalue weighted by Gasteiger charge is -2.26. The van der Waals surface area contributed by atoms with Crippen LogP contribution in [-0.4, -0.2) is 32.3 Å². The third kappa shape index (κ3) is 3.34. The van der Waals surface area contributed by atoms with Gasteiger partial charge in [-0.25, -0.2) is 4.79 Å². The highest BCUT2D eigenvalue weighted by Gasteiger charge is 2.48. The van der Waals surface area contributed by atoms with Crippen molar-refractivity contribution in [2.75, 3.05) is 0 Å². The third-order valence-corrected chi connectivity index (χ3v) is 3.47. The van der Waals surface area contributed by atoms with Gasteiger partial charge in [0.2, 0.25) is 5.91 Å². The average molecular weight is 305 g/mol. The molecule has 1 saturated carbocycles. The Hall–Kier alpha value is -2.06. The summed E-state index contributed by atoms with van der Waals surface area (Å²) in [5.41, 5.74) is -2.49. The zero-order chi connectivity index (χ0) is 15.8. The molecule has 0 spiro atoms. The van der Waals surface area contributed by atoms with Crippen LogP contribution in [0.2, 0.25) is 0 Å². The number of carbonyl (C=O) groups is 2. The fraction of sp³-hybridized carbons (Fsp3) is 0.583. The second kappa shape index (κ2) is 5.05. The molecule has 1 amide bonds. The SMILES string of the molecule is CC(NC(=O)Cn1ccc(C(F)(F)F)n1)(C(=O)O)C1CC1. The van der Waals surface area contributed by atoms with Crippen LogP contribution in [0.3, 0.4) is 0 Å². The number of carboxylic acids is 1. The molecule has 0 aliphatic heterocycles. The second-order valence-corrected chi connectivity index (χ2v) is 5.23. The normalized spacial score (nSPS) is 18.1. The number of hydrogen-bond acceptors (Lipinski definition) is 3. The predicted octanol–water partition coefficient (Wildman–Crippen LogP) is 1.27. The summed E-state index contributed by atoms with van der Waals surface area (Å²) < 4.78 is 38.0. The first-order chi connectivity index (χ1) is 9.63. The van der Waals surface area contributed by atoms with Crippen molar-refractivity contribution in [1.29, 1.82) is 0 Å². The first kappa shape index (κ1) is 15.3. The smallest absolute Gasteiger partial charge is 0.435 e. The number of alkyl halides is 3. The summed E-state index contributed by atoms with van der Waals surface area (Å²) in [5.74, 6) is -2.00. The summed E-state index contributed by atoms with van der Waals surface area (Å²) in [5, 5.41) is 14.8. The fourth-order valence-electron chi connectivity index (χ4n) is 2.07. The highest BCUT2D eigenvalue weighted by Crippen LogP contribution is 2.39. The Morgan fingerprint density at radius 2 is 2.10 bits per heavy atom. The Bertz CT molecular complexity index is 566. The largest absolute Gasteiger partial charge is 0.480 e. The van der Waals surface area contributed by atoms with Gasteiger partial charge in [0, 0.05) is 6.20 Å². The quantitative estimate of drug-likeness (QED) is 0.858. The van der Waals surface area contributed by atoms with Crippen LogP contribution in [0.5, 0.6) is 0 Å². The van der Waals surface area contributed by atoms with Crippen molar-refractivity contribution in [2.24, 2.45) is 5.92 Å². The molecule has 2 N–H and O–H groups in total. The Morgan fingerprint density at radius 1 is 1.48 bits per heavy atom. The van der Waals surface area contributed by atoms with Crippen LogP contribution in [-0.2, 0) is 22.3 Å². The number of halogens is 3. The number of nitrogens with one attached hydrogen (secondary N) is 1. The first-order valence-electron chi connectivity index (χ1n) is 6.28. The predicted molar refractivity (Wildman–Crippen MR) is 64.1 cm³/mol. The van der Waals surface area contributed by atoms with Crippen molar-refractivity contribution in [3.63, 3.8) is 0 Å². The van der Waals surface area contributed by atoms with Crippen LogP contribution in [0, 0.1) is 5.92 Å². The van der Waals surface area contributed by atoms with Crippen LogP contribution in [0.4, 0.5) is 13.2 Å². The molecule has 9 heteroatoms. The topological polar surface area (TPSA) is 84.2 Å². The van der Waals surface area contributed by atoms with Gasteiger partial charge < -0.3 is 10.4 Å². The van der Waals surface area contributed by atoms with Gasteiger partial charge in [-0.3, -0.25) is 9.48 Å². The molecule has 1 aromatic heterocycles. The van der Waals surface area contributed by atoms with E-state index >= 15 is 0 Å². The van der Waals surface area contributed by atoms with Gasteiger partial charge >= 0.3 is 12.1 Å². The Kier molecular flexibility index (Phi) is 3.68. The van der Waals surface area contributed by atoms with Crippen molar-refractivity contribution < 1.29 is 27.9 Å². The van der Waals surface area contributed by atoms with Crippen LogP contribution in [0.25, 0.3) is 0 Å². The summed E-state index contributed by atoms with van der Waals surface area (Å²) >= 11 is 0. The molecule has 1 heterocycles. The standard InChI is InChI=1S/C12H14F3N3O3/c1-11(10(20)21,7-2-3-7)16-9(19)6-18-5-4-8(17-18)12(13,14)15/h4-5,7H,2-3,6H2,1H3,(H,16,19)(H,20,21). The van der Waals surface area contributed by atoms with E-state index in [0.29, 0.717) is 12.8 Å². The zero-order valence-electron chi connectivity index (χ0n) is 11.1. The third-order valence-electron chi connectivity index (χ3n) is 3.47. The van der Waals surface area contributed by atoms with Crippen molar-refractivity contribution in [2.45, 2.75) is 38.0 Å². The van der Waals surface area contributed by atoms with Gasteiger partial charge in [-0.05, 0) is 31.7 Å². The number of hydrogen-bond donors (Lipinski definition) is 2. The number of rotatable bonds is 5. The summed E-state index contributed by atoms with van der Waals surface area (Å²) in [6, 6.07) is 0.755. The Labute approximate surface area is 117 Å². The van der Waals surface area contributed by atoms with Crippen LogP contribution in [0.15, 0.2) is 12.3 Å². The van der Waals surface area contributed by atoms with Gasteiger partial charge in [-0.15, -0.1) is 0 Å². The monoisotopic (exact) mass is 305 g/mol. The minimum Gasteiger partial charge on any atom is -0.480 e. The molecule has 21 heavy (non-hydrogen) atoms. The van der Waals surface area contributed by atoms with E-state index < -0.39 is 35.8 Å². The lowest BCUT2D eigenvalue weighted by molar-refractivity contribution is -0.148. The van der Waals surface area contributed by atoms with E-state index in [-0.39, 0.29) is 5.92 Å². The number of nitrogens with zero attached hydrogens (tertiary/aromatic N) is 2. The Morgan fingerprint density at radius 3 is 2.52 bits per heavy atom. The summed E-state index contributed by atoms with van der Waals surface area (Å²) in [6.45, 7) is 0.931. The first-order valence-corrected chi connectivity index (χ1v) is 6.28. The molecular weight excluding hydrogens is 291 g/mol. The molecular formula is C12H14F3N3O3. The lowest BCUT2D eigenvalue weighted by Crippen LogP contribution is -2.54. The molecule has 1 atom stereocenters. The molecule has 1 unspecified atom stereocenters. The molecule has 6 nitrogen and oxygen atoms in total. The molecule has 1 aliphatic rings. The highest BCUT2D eigenvalue weighted by atomic mass is 19.4. The zero-order valence-corrected chi connectivity index (χ0v) is 11.1. The molecule has 2 rings (SSSR count). The fourth-order valence-corrected chi connectivity index (χ4v) is 2.07.